The smallest absolute Gasteiger partial charge is 0.250 e. The van der Waals surface area contributed by atoms with Crippen LogP contribution in [0.3, 0.4) is 0 Å². The van der Waals surface area contributed by atoms with Crippen LogP contribution in [0.1, 0.15) is 11.3 Å². The van der Waals surface area contributed by atoms with Gasteiger partial charge in [0.25, 0.3) is 5.95 Å². The van der Waals surface area contributed by atoms with E-state index in [1.165, 1.54) is 0 Å². The molecule has 2 aromatic rings. The van der Waals surface area contributed by atoms with Gasteiger partial charge in [0.15, 0.2) is 0 Å². The number of aromatic nitrogens is 4. The van der Waals surface area contributed by atoms with Crippen LogP contribution in [0.15, 0.2) is 18.5 Å². The number of hydrogen-bond donors (Lipinski definition) is 2. The van der Waals surface area contributed by atoms with E-state index in [1.54, 1.807) is 23.1 Å². The Bertz CT molecular complexity index is 458. The van der Waals surface area contributed by atoms with E-state index in [2.05, 4.69) is 15.1 Å². The average molecular weight is 204 g/mol. The number of rotatable bonds is 2. The monoisotopic (exact) mass is 204 g/mol. The van der Waals surface area contributed by atoms with Gasteiger partial charge in [0.05, 0.1) is 0 Å². The van der Waals surface area contributed by atoms with Gasteiger partial charge in [0.1, 0.15) is 5.82 Å². The Morgan fingerprint density at radius 1 is 1.33 bits per heavy atom. The number of nitrogens with zero attached hydrogens (tertiary/aromatic N) is 4. The molecule has 0 saturated carbocycles. The van der Waals surface area contributed by atoms with Gasteiger partial charge in [-0.2, -0.15) is 0 Å². The number of nitrogen functional groups attached to an aromatic ring is 1. The molecule has 0 aliphatic rings. The highest BCUT2D eigenvalue weighted by Gasteiger charge is 2.05. The van der Waals surface area contributed by atoms with Crippen molar-refractivity contribution < 1.29 is 0 Å². The zero-order chi connectivity index (χ0) is 10.8. The van der Waals surface area contributed by atoms with E-state index in [9.17, 15) is 0 Å². The molecule has 0 saturated heterocycles. The minimum atomic E-state index is 0.431. The van der Waals surface area contributed by atoms with Crippen LogP contribution in [0, 0.1) is 6.92 Å². The number of hydrogen-bond acceptors (Lipinski definition) is 5. The van der Waals surface area contributed by atoms with Gasteiger partial charge in [0.2, 0.25) is 0 Å². The first kappa shape index (κ1) is 9.60. The normalized spacial score (nSPS) is 10.5. The SMILES string of the molecule is Cc1cc(N)nn1-c1ncc(CN)cn1. The van der Waals surface area contributed by atoms with Crippen LogP contribution in [-0.4, -0.2) is 19.7 Å². The van der Waals surface area contributed by atoms with Gasteiger partial charge in [-0.25, -0.2) is 14.6 Å². The predicted molar refractivity (Wildman–Crippen MR) is 56.2 cm³/mol. The summed E-state index contributed by atoms with van der Waals surface area (Å²) in [6, 6.07) is 1.76. The molecule has 15 heavy (non-hydrogen) atoms. The molecule has 0 aliphatic carbocycles. The van der Waals surface area contributed by atoms with E-state index < -0.39 is 0 Å². The molecule has 0 aliphatic heterocycles. The van der Waals surface area contributed by atoms with Crippen LogP contribution >= 0.6 is 0 Å². The lowest BCUT2D eigenvalue weighted by molar-refractivity contribution is 0.780. The van der Waals surface area contributed by atoms with E-state index in [0.29, 0.717) is 18.3 Å². The van der Waals surface area contributed by atoms with E-state index in [-0.39, 0.29) is 0 Å². The third-order valence-electron chi connectivity index (χ3n) is 2.02. The minimum Gasteiger partial charge on any atom is -0.382 e. The first-order valence-electron chi connectivity index (χ1n) is 4.54. The highest BCUT2D eigenvalue weighted by atomic mass is 15.4. The highest BCUT2D eigenvalue weighted by molar-refractivity contribution is 5.32. The van der Waals surface area contributed by atoms with Gasteiger partial charge in [-0.15, -0.1) is 5.10 Å². The number of aryl methyl sites for hydroxylation is 1. The summed E-state index contributed by atoms with van der Waals surface area (Å²) in [6.07, 6.45) is 3.36. The van der Waals surface area contributed by atoms with E-state index in [4.69, 9.17) is 11.5 Å². The second-order valence-electron chi connectivity index (χ2n) is 3.22. The minimum absolute atomic E-state index is 0.431. The van der Waals surface area contributed by atoms with Crippen molar-refractivity contribution in [2.45, 2.75) is 13.5 Å². The summed E-state index contributed by atoms with van der Waals surface area (Å²) in [7, 11) is 0. The van der Waals surface area contributed by atoms with E-state index >= 15 is 0 Å². The molecule has 2 rings (SSSR count). The summed E-state index contributed by atoms with van der Waals surface area (Å²) in [5, 5.41) is 4.07. The maximum absolute atomic E-state index is 5.57. The van der Waals surface area contributed by atoms with Crippen molar-refractivity contribution in [2.24, 2.45) is 5.73 Å². The molecule has 0 aromatic carbocycles. The summed E-state index contributed by atoms with van der Waals surface area (Å²) in [6.45, 7) is 2.32. The van der Waals surface area contributed by atoms with E-state index in [1.807, 2.05) is 6.92 Å². The van der Waals surface area contributed by atoms with Crippen LogP contribution in [0.4, 0.5) is 5.82 Å². The second kappa shape index (κ2) is 3.66. The Morgan fingerprint density at radius 2 is 2.00 bits per heavy atom. The summed E-state index contributed by atoms with van der Waals surface area (Å²) in [4.78, 5) is 8.30. The first-order chi connectivity index (χ1) is 7.20. The molecular formula is C9H12N6. The third kappa shape index (κ3) is 1.79. The Morgan fingerprint density at radius 3 is 2.47 bits per heavy atom. The lowest BCUT2D eigenvalue weighted by Crippen LogP contribution is -2.06. The zero-order valence-electron chi connectivity index (χ0n) is 8.38. The number of nitrogens with two attached hydrogens (primary N) is 2. The number of anilines is 1. The van der Waals surface area contributed by atoms with E-state index in [0.717, 1.165) is 11.3 Å². The fourth-order valence-electron chi connectivity index (χ4n) is 1.26. The molecule has 0 bridgehead atoms. The summed E-state index contributed by atoms with van der Waals surface area (Å²) in [5.74, 6) is 0.959. The second-order valence-corrected chi connectivity index (χ2v) is 3.22. The summed E-state index contributed by atoms with van der Waals surface area (Å²) >= 11 is 0. The molecular weight excluding hydrogens is 192 g/mol. The van der Waals surface area contributed by atoms with Gasteiger partial charge < -0.3 is 11.5 Å². The molecule has 0 unspecified atom stereocenters. The molecule has 6 nitrogen and oxygen atoms in total. The first-order valence-corrected chi connectivity index (χ1v) is 4.54. The molecule has 0 fully saturated rings. The zero-order valence-corrected chi connectivity index (χ0v) is 8.38. The largest absolute Gasteiger partial charge is 0.382 e. The van der Waals surface area contributed by atoms with Crippen LogP contribution < -0.4 is 11.5 Å². The van der Waals surface area contributed by atoms with Gasteiger partial charge in [-0.3, -0.25) is 0 Å². The molecule has 6 heteroatoms. The molecule has 2 aromatic heterocycles. The quantitative estimate of drug-likeness (QED) is 0.718. The van der Waals surface area contributed by atoms with Gasteiger partial charge in [-0.1, -0.05) is 0 Å². The molecule has 0 spiro atoms. The van der Waals surface area contributed by atoms with Crippen molar-refractivity contribution >= 4 is 5.82 Å². The topological polar surface area (TPSA) is 95.6 Å². The maximum atomic E-state index is 5.57. The third-order valence-corrected chi connectivity index (χ3v) is 2.02. The van der Waals surface area contributed by atoms with Crippen LogP contribution in [0.2, 0.25) is 0 Å². The lowest BCUT2D eigenvalue weighted by atomic mass is 10.3. The Balaban J connectivity index is 2.41. The van der Waals surface area contributed by atoms with Gasteiger partial charge in [0, 0.05) is 36.3 Å². The van der Waals surface area contributed by atoms with Crippen molar-refractivity contribution in [3.8, 4) is 5.95 Å². The highest BCUT2D eigenvalue weighted by Crippen LogP contribution is 2.08. The maximum Gasteiger partial charge on any atom is 0.250 e. The lowest BCUT2D eigenvalue weighted by Gasteiger charge is -2.02. The van der Waals surface area contributed by atoms with Gasteiger partial charge in [-0.05, 0) is 6.92 Å². The Hall–Kier alpha value is -1.95. The Labute approximate surface area is 86.9 Å². The summed E-state index contributed by atoms with van der Waals surface area (Å²) < 4.78 is 1.59. The van der Waals surface area contributed by atoms with Crippen molar-refractivity contribution in [1.29, 1.82) is 0 Å². The standard InChI is InChI=1S/C9H12N6/c1-6-2-8(11)14-15(6)9-12-4-7(3-10)5-13-9/h2,4-5H,3,10H2,1H3,(H2,11,14). The van der Waals surface area contributed by atoms with Gasteiger partial charge >= 0.3 is 0 Å². The van der Waals surface area contributed by atoms with Crippen molar-refractivity contribution in [1.82, 2.24) is 19.7 Å². The fraction of sp³-hybridized carbons (Fsp3) is 0.222. The van der Waals surface area contributed by atoms with Crippen molar-refractivity contribution in [2.75, 3.05) is 5.73 Å². The summed E-state index contributed by atoms with van der Waals surface area (Å²) in [5.41, 5.74) is 12.8. The van der Waals surface area contributed by atoms with Crippen molar-refractivity contribution in [3.63, 3.8) is 0 Å². The van der Waals surface area contributed by atoms with Crippen molar-refractivity contribution in [3.05, 3.63) is 29.7 Å². The van der Waals surface area contributed by atoms with Crippen LogP contribution in [0.25, 0.3) is 5.95 Å². The average Bonchev–Trinajstić information content (AvgIpc) is 2.58. The van der Waals surface area contributed by atoms with Crippen LogP contribution in [0.5, 0.6) is 0 Å². The Kier molecular flexibility index (Phi) is 2.34. The molecule has 0 amide bonds. The predicted octanol–water partition coefficient (Wildman–Crippen LogP) is 0.0116. The molecule has 0 atom stereocenters. The fourth-order valence-corrected chi connectivity index (χ4v) is 1.26. The molecule has 2 heterocycles. The molecule has 4 N–H and O–H groups in total. The molecule has 78 valence electrons. The molecule has 0 radical (unpaired) electrons. The van der Waals surface area contributed by atoms with Crippen LogP contribution in [-0.2, 0) is 6.54 Å².